The van der Waals surface area contributed by atoms with E-state index in [9.17, 15) is 30.3 Å². The minimum absolute atomic E-state index is 0.131. The Morgan fingerprint density at radius 1 is 0.828 bits per heavy atom. The zero-order chi connectivity index (χ0) is 21.3. The Bertz CT molecular complexity index is 1060. The maximum Gasteiger partial charge on any atom is 0.337 e. The number of benzene rings is 3. The Kier molecular flexibility index (Phi) is 5.10. The predicted molar refractivity (Wildman–Crippen MR) is 106 cm³/mol. The molecule has 0 spiro atoms. The highest BCUT2D eigenvalue weighted by molar-refractivity contribution is 5.92. The fraction of sp³-hybridized carbons (Fsp3) is 0.0476. The minimum atomic E-state index is -0.603. The van der Waals surface area contributed by atoms with Gasteiger partial charge in [0, 0.05) is 17.8 Å². The second-order valence-electron chi connectivity index (χ2n) is 6.25. The molecule has 0 saturated heterocycles. The number of methoxy groups -OCH3 is 1. The number of hydrogen-bond acceptors (Lipinski definition) is 8. The minimum Gasteiger partial charge on any atom is -0.507 e. The van der Waals surface area contributed by atoms with Crippen molar-refractivity contribution in [2.24, 2.45) is 0 Å². The van der Waals surface area contributed by atoms with E-state index in [0.717, 1.165) is 0 Å². The first-order chi connectivity index (χ1) is 13.7. The first-order valence-corrected chi connectivity index (χ1v) is 8.34. The van der Waals surface area contributed by atoms with E-state index in [1.807, 2.05) is 0 Å². The van der Waals surface area contributed by atoms with Crippen molar-refractivity contribution >= 4 is 17.3 Å². The third kappa shape index (κ3) is 3.81. The quantitative estimate of drug-likeness (QED) is 0.290. The lowest BCUT2D eigenvalue weighted by molar-refractivity contribution is 0.0600. The molecular formula is C21H18NO7. The van der Waals surface area contributed by atoms with E-state index in [2.05, 4.69) is 17.0 Å². The second kappa shape index (κ2) is 7.51. The number of carbonyl (C=O) groups is 1. The lowest BCUT2D eigenvalue weighted by Crippen LogP contribution is -2.02. The van der Waals surface area contributed by atoms with E-state index in [4.69, 9.17) is 0 Å². The second-order valence-corrected chi connectivity index (χ2v) is 6.25. The maximum atomic E-state index is 11.7. The Hall–Kier alpha value is -4.07. The number of hydrogen-bond donors (Lipinski definition) is 6. The molecule has 1 radical (unpaired) electrons. The molecule has 29 heavy (non-hydrogen) atoms. The molecule has 0 fully saturated rings. The van der Waals surface area contributed by atoms with Crippen LogP contribution >= 0.6 is 0 Å². The molecule has 3 rings (SSSR count). The maximum absolute atomic E-state index is 11.7. The van der Waals surface area contributed by atoms with E-state index >= 15 is 0 Å². The molecule has 0 bridgehead atoms. The first-order valence-electron chi connectivity index (χ1n) is 8.34. The van der Waals surface area contributed by atoms with Crippen LogP contribution in [0.5, 0.6) is 28.7 Å². The molecule has 149 valence electrons. The molecule has 0 atom stereocenters. The van der Waals surface area contributed by atoms with Crippen LogP contribution < -0.4 is 5.32 Å². The van der Waals surface area contributed by atoms with Gasteiger partial charge in [-0.1, -0.05) is 0 Å². The number of esters is 1. The number of carbonyl (C=O) groups excluding carboxylic acids is 1. The van der Waals surface area contributed by atoms with Crippen LogP contribution in [0.15, 0.2) is 42.5 Å². The molecule has 0 aliphatic carbocycles. The van der Waals surface area contributed by atoms with Crippen molar-refractivity contribution in [1.82, 2.24) is 0 Å². The molecule has 3 aromatic rings. The van der Waals surface area contributed by atoms with Crippen molar-refractivity contribution in [1.29, 1.82) is 0 Å². The highest BCUT2D eigenvalue weighted by atomic mass is 16.5. The topological polar surface area (TPSA) is 139 Å². The van der Waals surface area contributed by atoms with Crippen LogP contribution in [0.3, 0.4) is 0 Å². The Labute approximate surface area is 165 Å². The van der Waals surface area contributed by atoms with Gasteiger partial charge in [0.25, 0.3) is 0 Å². The molecule has 0 saturated carbocycles. The van der Waals surface area contributed by atoms with Gasteiger partial charge in [0.1, 0.15) is 28.7 Å². The lowest BCUT2D eigenvalue weighted by atomic mass is 9.99. The summed E-state index contributed by atoms with van der Waals surface area (Å²) in [5.41, 5.74) is 0.496. The van der Waals surface area contributed by atoms with Gasteiger partial charge in [-0.15, -0.1) is 0 Å². The fourth-order valence-corrected chi connectivity index (χ4v) is 2.90. The van der Waals surface area contributed by atoms with Crippen LogP contribution in [0.2, 0.25) is 0 Å². The number of rotatable bonds is 4. The summed E-state index contributed by atoms with van der Waals surface area (Å²) in [5.74, 6) is -2.41. The van der Waals surface area contributed by atoms with Crippen molar-refractivity contribution in [2.75, 3.05) is 12.4 Å². The number of anilines is 2. The Morgan fingerprint density at radius 2 is 1.34 bits per heavy atom. The van der Waals surface area contributed by atoms with Gasteiger partial charge in [-0.2, -0.15) is 0 Å². The van der Waals surface area contributed by atoms with Gasteiger partial charge in [0.2, 0.25) is 0 Å². The monoisotopic (exact) mass is 396 g/mol. The normalized spacial score (nSPS) is 10.6. The SMILES string of the molecule is [CH2]c1cc(O)c(-c2c(O)cc(Nc3cc(C(=O)OC)ccc3O)cc2O)c(O)c1. The predicted octanol–water partition coefficient (Wildman–Crippen LogP) is 3.59. The third-order valence-electron chi connectivity index (χ3n) is 4.20. The number of ether oxygens (including phenoxy) is 1. The molecule has 0 unspecified atom stereocenters. The molecule has 6 N–H and O–H groups in total. The summed E-state index contributed by atoms with van der Waals surface area (Å²) in [7, 11) is 1.23. The molecule has 8 nitrogen and oxygen atoms in total. The van der Waals surface area contributed by atoms with Gasteiger partial charge in [-0.3, -0.25) is 0 Å². The zero-order valence-corrected chi connectivity index (χ0v) is 15.3. The average molecular weight is 396 g/mol. The van der Waals surface area contributed by atoms with Gasteiger partial charge in [-0.25, -0.2) is 4.79 Å². The number of phenolic OH excluding ortho intramolecular Hbond substituents is 5. The van der Waals surface area contributed by atoms with Crippen LogP contribution in [-0.2, 0) is 4.74 Å². The van der Waals surface area contributed by atoms with Crippen LogP contribution in [0.1, 0.15) is 15.9 Å². The third-order valence-corrected chi connectivity index (χ3v) is 4.20. The fourth-order valence-electron chi connectivity index (χ4n) is 2.90. The molecule has 3 aromatic carbocycles. The summed E-state index contributed by atoms with van der Waals surface area (Å²) >= 11 is 0. The Morgan fingerprint density at radius 3 is 1.86 bits per heavy atom. The summed E-state index contributed by atoms with van der Waals surface area (Å²) < 4.78 is 4.63. The smallest absolute Gasteiger partial charge is 0.337 e. The first kappa shape index (κ1) is 19.7. The highest BCUT2D eigenvalue weighted by Gasteiger charge is 2.20. The summed E-state index contributed by atoms with van der Waals surface area (Å²) in [5, 5.41) is 53.8. The van der Waals surface area contributed by atoms with Gasteiger partial charge in [0.05, 0.1) is 29.5 Å². The van der Waals surface area contributed by atoms with Crippen LogP contribution in [0.4, 0.5) is 11.4 Å². The average Bonchev–Trinajstić information content (AvgIpc) is 2.64. The number of aromatic hydroxyl groups is 5. The van der Waals surface area contributed by atoms with E-state index < -0.39 is 17.5 Å². The van der Waals surface area contributed by atoms with Gasteiger partial charge < -0.3 is 35.6 Å². The Balaban J connectivity index is 2.03. The van der Waals surface area contributed by atoms with Gasteiger partial charge in [-0.05, 0) is 42.8 Å². The van der Waals surface area contributed by atoms with Crippen molar-refractivity contribution < 1.29 is 35.1 Å². The van der Waals surface area contributed by atoms with Crippen molar-refractivity contribution in [2.45, 2.75) is 0 Å². The molecule has 0 heterocycles. The van der Waals surface area contributed by atoms with Gasteiger partial charge >= 0.3 is 5.97 Å². The standard InChI is InChI=1S/C21H18NO7/c1-10-5-15(24)19(16(25)6-10)20-17(26)8-12(9-18(20)27)22-13-7-11(21(28)29-2)3-4-14(13)23/h3-9,22-27H,1H2,2H3. The number of phenols is 5. The van der Waals surface area contributed by atoms with Crippen LogP contribution in [0, 0.1) is 6.92 Å². The van der Waals surface area contributed by atoms with Crippen molar-refractivity contribution in [3.05, 3.63) is 60.5 Å². The lowest BCUT2D eigenvalue weighted by Gasteiger charge is -2.15. The van der Waals surface area contributed by atoms with E-state index in [1.54, 1.807) is 0 Å². The largest absolute Gasteiger partial charge is 0.507 e. The zero-order valence-electron chi connectivity index (χ0n) is 15.3. The molecule has 0 aliphatic rings. The molecule has 8 heteroatoms. The highest BCUT2D eigenvalue weighted by Crippen LogP contribution is 2.48. The summed E-state index contributed by atoms with van der Waals surface area (Å²) in [4.78, 5) is 11.7. The van der Waals surface area contributed by atoms with Crippen LogP contribution in [-0.4, -0.2) is 38.6 Å². The summed E-state index contributed by atoms with van der Waals surface area (Å²) in [6.45, 7) is 3.61. The van der Waals surface area contributed by atoms with Crippen molar-refractivity contribution in [3.63, 3.8) is 0 Å². The summed E-state index contributed by atoms with van der Waals surface area (Å²) in [6.07, 6.45) is 0. The number of nitrogens with one attached hydrogen (secondary N) is 1. The molecular weight excluding hydrogens is 378 g/mol. The van der Waals surface area contributed by atoms with E-state index in [-0.39, 0.29) is 45.3 Å². The summed E-state index contributed by atoms with van der Waals surface area (Å²) in [6, 6.07) is 8.99. The van der Waals surface area contributed by atoms with E-state index in [0.29, 0.717) is 5.56 Å². The molecule has 0 aliphatic heterocycles. The molecule has 0 aromatic heterocycles. The van der Waals surface area contributed by atoms with E-state index in [1.165, 1.54) is 49.6 Å². The van der Waals surface area contributed by atoms with Crippen molar-refractivity contribution in [3.8, 4) is 39.9 Å². The van der Waals surface area contributed by atoms with Gasteiger partial charge in [0.15, 0.2) is 0 Å². The molecule has 0 amide bonds. The van der Waals surface area contributed by atoms with Crippen LogP contribution in [0.25, 0.3) is 11.1 Å².